The van der Waals surface area contributed by atoms with Crippen molar-refractivity contribution in [3.63, 3.8) is 0 Å². The zero-order chi connectivity index (χ0) is 25.6. The Balaban J connectivity index is 2.41. The molecule has 0 aliphatic heterocycles. The van der Waals surface area contributed by atoms with Gasteiger partial charge in [-0.25, -0.2) is 8.42 Å². The molecule has 0 heterocycles. The number of hydrogen-bond donors (Lipinski definition) is 1. The summed E-state index contributed by atoms with van der Waals surface area (Å²) in [5.41, 5.74) is 1.79. The van der Waals surface area contributed by atoms with Crippen molar-refractivity contribution in [2.75, 3.05) is 17.1 Å². The van der Waals surface area contributed by atoms with Crippen LogP contribution in [0.2, 0.25) is 5.02 Å². The van der Waals surface area contributed by atoms with Gasteiger partial charge in [0.25, 0.3) is 0 Å². The molecule has 2 rings (SSSR count). The van der Waals surface area contributed by atoms with E-state index >= 15 is 0 Å². The highest BCUT2D eigenvalue weighted by Gasteiger charge is 2.30. The maximum absolute atomic E-state index is 13.5. The Kier molecular flexibility index (Phi) is 9.96. The molecule has 0 aliphatic carbocycles. The van der Waals surface area contributed by atoms with Crippen LogP contribution in [0.4, 0.5) is 5.69 Å². The van der Waals surface area contributed by atoms with Crippen LogP contribution in [0.25, 0.3) is 0 Å². The smallest absolute Gasteiger partial charge is 0.244 e. The first-order valence-corrected chi connectivity index (χ1v) is 13.9. The number of halogens is 2. The van der Waals surface area contributed by atoms with E-state index in [0.29, 0.717) is 16.3 Å². The van der Waals surface area contributed by atoms with Crippen LogP contribution in [0, 0.1) is 6.92 Å². The molecule has 2 amide bonds. The van der Waals surface area contributed by atoms with Gasteiger partial charge in [0.2, 0.25) is 21.8 Å². The van der Waals surface area contributed by atoms with Crippen LogP contribution in [-0.4, -0.2) is 50.0 Å². The van der Waals surface area contributed by atoms with Crippen molar-refractivity contribution < 1.29 is 18.0 Å². The van der Waals surface area contributed by atoms with Crippen LogP contribution in [0.15, 0.2) is 46.9 Å². The highest BCUT2D eigenvalue weighted by atomic mass is 79.9. The summed E-state index contributed by atoms with van der Waals surface area (Å²) in [5, 5.41) is 3.37. The molecule has 7 nitrogen and oxygen atoms in total. The lowest BCUT2D eigenvalue weighted by molar-refractivity contribution is -0.139. The Bertz CT molecular complexity index is 1130. The number of carbonyl (C=O) groups is 2. The highest BCUT2D eigenvalue weighted by Crippen LogP contribution is 2.26. The van der Waals surface area contributed by atoms with E-state index in [1.807, 2.05) is 38.1 Å². The lowest BCUT2D eigenvalue weighted by Crippen LogP contribution is -2.52. The predicted octanol–water partition coefficient (Wildman–Crippen LogP) is 4.51. The number of sulfonamides is 1. The Morgan fingerprint density at radius 2 is 1.74 bits per heavy atom. The summed E-state index contributed by atoms with van der Waals surface area (Å²) < 4.78 is 27.2. The van der Waals surface area contributed by atoms with Crippen molar-refractivity contribution in [2.24, 2.45) is 0 Å². The number of nitrogens with zero attached hydrogens (tertiary/aromatic N) is 2. The van der Waals surface area contributed by atoms with E-state index in [0.717, 1.165) is 27.0 Å². The molecule has 0 bridgehead atoms. The number of nitrogens with one attached hydrogen (secondary N) is 1. The van der Waals surface area contributed by atoms with Gasteiger partial charge in [0.1, 0.15) is 12.6 Å². The summed E-state index contributed by atoms with van der Waals surface area (Å²) in [6.07, 6.45) is 1.79. The van der Waals surface area contributed by atoms with E-state index in [9.17, 15) is 18.0 Å². The van der Waals surface area contributed by atoms with Crippen LogP contribution in [0.5, 0.6) is 0 Å². The molecule has 2 aromatic rings. The lowest BCUT2D eigenvalue weighted by atomic mass is 10.1. The SMILES string of the molecule is CC[C@H](C)NC(=O)[C@H](C)N(Cc1ccc(Br)cc1)C(=O)CN(c1ccc(Cl)cc1C)S(C)(=O)=O. The second-order valence-electron chi connectivity index (χ2n) is 8.34. The summed E-state index contributed by atoms with van der Waals surface area (Å²) in [6, 6.07) is 11.3. The zero-order valence-electron chi connectivity index (χ0n) is 20.0. The minimum absolute atomic E-state index is 0.0520. The lowest BCUT2D eigenvalue weighted by Gasteiger charge is -2.32. The van der Waals surface area contributed by atoms with Gasteiger partial charge in [-0.1, -0.05) is 46.6 Å². The molecule has 34 heavy (non-hydrogen) atoms. The molecular weight excluding hydrogens is 542 g/mol. The van der Waals surface area contributed by atoms with Crippen LogP contribution in [-0.2, 0) is 26.2 Å². The molecule has 2 aromatic carbocycles. The first kappa shape index (κ1) is 28.1. The molecule has 0 unspecified atom stereocenters. The van der Waals surface area contributed by atoms with E-state index in [4.69, 9.17) is 11.6 Å². The van der Waals surface area contributed by atoms with Gasteiger partial charge in [-0.3, -0.25) is 13.9 Å². The van der Waals surface area contributed by atoms with Gasteiger partial charge in [-0.15, -0.1) is 0 Å². The van der Waals surface area contributed by atoms with Crippen molar-refractivity contribution in [3.8, 4) is 0 Å². The highest BCUT2D eigenvalue weighted by molar-refractivity contribution is 9.10. The molecule has 2 atom stereocenters. The van der Waals surface area contributed by atoms with E-state index in [1.54, 1.807) is 32.0 Å². The Hall–Kier alpha value is -2.10. The zero-order valence-corrected chi connectivity index (χ0v) is 23.2. The Morgan fingerprint density at radius 3 is 2.26 bits per heavy atom. The molecule has 0 fully saturated rings. The maximum Gasteiger partial charge on any atom is 0.244 e. The summed E-state index contributed by atoms with van der Waals surface area (Å²) in [5.74, 6) is -0.789. The van der Waals surface area contributed by atoms with E-state index in [-0.39, 0.29) is 18.5 Å². The number of anilines is 1. The van der Waals surface area contributed by atoms with Crippen LogP contribution < -0.4 is 9.62 Å². The summed E-state index contributed by atoms with van der Waals surface area (Å²) in [7, 11) is -3.79. The normalized spacial score (nSPS) is 13.1. The average Bonchev–Trinajstić information content (AvgIpc) is 2.76. The maximum atomic E-state index is 13.5. The standard InChI is InChI=1S/C24H31BrClN3O4S/c1-6-17(3)27-24(31)18(4)28(14-19-7-9-20(25)10-8-19)23(30)15-29(34(5,32)33)22-12-11-21(26)13-16(22)2/h7-13,17-18H,6,14-15H2,1-5H3,(H,27,31)/t17-,18-/m0/s1. The van der Waals surface area contributed by atoms with Gasteiger partial charge >= 0.3 is 0 Å². The fraction of sp³-hybridized carbons (Fsp3) is 0.417. The van der Waals surface area contributed by atoms with E-state index in [1.165, 1.54) is 4.90 Å². The third-order valence-electron chi connectivity index (χ3n) is 5.54. The van der Waals surface area contributed by atoms with Gasteiger partial charge in [-0.2, -0.15) is 0 Å². The molecule has 10 heteroatoms. The van der Waals surface area contributed by atoms with Crippen LogP contribution in [0.1, 0.15) is 38.3 Å². The minimum atomic E-state index is -3.79. The average molecular weight is 573 g/mol. The number of rotatable bonds is 10. The van der Waals surface area contributed by atoms with Crippen molar-refractivity contribution in [1.82, 2.24) is 10.2 Å². The Labute approximate surface area is 215 Å². The van der Waals surface area contributed by atoms with Gasteiger partial charge < -0.3 is 10.2 Å². The monoisotopic (exact) mass is 571 g/mol. The van der Waals surface area contributed by atoms with Crippen molar-refractivity contribution >= 4 is 55.1 Å². The third kappa shape index (κ3) is 7.71. The Morgan fingerprint density at radius 1 is 1.12 bits per heavy atom. The van der Waals surface area contributed by atoms with Crippen LogP contribution >= 0.6 is 27.5 Å². The van der Waals surface area contributed by atoms with Crippen molar-refractivity contribution in [2.45, 2.75) is 52.7 Å². The predicted molar refractivity (Wildman–Crippen MR) is 140 cm³/mol. The molecule has 0 spiro atoms. The molecule has 0 saturated carbocycles. The number of hydrogen-bond acceptors (Lipinski definition) is 4. The summed E-state index contributed by atoms with van der Waals surface area (Å²) in [6.45, 7) is 6.93. The number of amides is 2. The first-order chi connectivity index (χ1) is 15.8. The van der Waals surface area contributed by atoms with Gasteiger partial charge in [0.05, 0.1) is 11.9 Å². The summed E-state index contributed by atoms with van der Waals surface area (Å²) >= 11 is 9.42. The number of carbonyl (C=O) groups excluding carboxylic acids is 2. The van der Waals surface area contributed by atoms with Gasteiger partial charge in [0, 0.05) is 22.1 Å². The van der Waals surface area contributed by atoms with E-state index in [2.05, 4.69) is 21.2 Å². The van der Waals surface area contributed by atoms with Crippen LogP contribution in [0.3, 0.4) is 0 Å². The molecule has 0 saturated heterocycles. The quantitative estimate of drug-likeness (QED) is 0.454. The molecular formula is C24H31BrClN3O4S. The molecule has 186 valence electrons. The molecule has 0 aromatic heterocycles. The number of aryl methyl sites for hydroxylation is 1. The molecule has 1 N–H and O–H groups in total. The third-order valence-corrected chi connectivity index (χ3v) is 7.43. The van der Waals surface area contributed by atoms with Crippen molar-refractivity contribution in [3.05, 3.63) is 63.1 Å². The topological polar surface area (TPSA) is 86.8 Å². The second-order valence-corrected chi connectivity index (χ2v) is 11.6. The molecule has 0 aliphatic rings. The molecule has 0 radical (unpaired) electrons. The summed E-state index contributed by atoms with van der Waals surface area (Å²) in [4.78, 5) is 27.8. The minimum Gasteiger partial charge on any atom is -0.352 e. The first-order valence-electron chi connectivity index (χ1n) is 10.9. The van der Waals surface area contributed by atoms with Crippen molar-refractivity contribution in [1.29, 1.82) is 0 Å². The second kappa shape index (κ2) is 12.0. The fourth-order valence-corrected chi connectivity index (χ4v) is 4.73. The largest absolute Gasteiger partial charge is 0.352 e. The number of benzene rings is 2. The van der Waals surface area contributed by atoms with Gasteiger partial charge in [-0.05, 0) is 68.7 Å². The van der Waals surface area contributed by atoms with E-state index < -0.39 is 28.5 Å². The fourth-order valence-electron chi connectivity index (χ4n) is 3.33. The van der Waals surface area contributed by atoms with Gasteiger partial charge in [0.15, 0.2) is 0 Å².